The van der Waals surface area contributed by atoms with Crippen molar-refractivity contribution < 1.29 is 25.2 Å². The van der Waals surface area contributed by atoms with Crippen LogP contribution in [0.2, 0.25) is 0 Å². The van der Waals surface area contributed by atoms with E-state index in [0.29, 0.717) is 45.1 Å². The minimum Gasteiger partial charge on any atom is -0.493 e. The van der Waals surface area contributed by atoms with Crippen LogP contribution >= 0.6 is 0 Å². The van der Waals surface area contributed by atoms with Crippen LogP contribution in [-0.4, -0.2) is 51.4 Å². The Kier molecular flexibility index (Phi) is 10.7. The maximum absolute atomic E-state index is 10.2. The molecule has 143 valence electrons. The van der Waals surface area contributed by atoms with Gasteiger partial charge in [0.15, 0.2) is 0 Å². The van der Waals surface area contributed by atoms with Crippen molar-refractivity contribution in [1.82, 2.24) is 0 Å². The van der Waals surface area contributed by atoms with Gasteiger partial charge in [0.25, 0.3) is 0 Å². The third-order valence-electron chi connectivity index (χ3n) is 4.40. The van der Waals surface area contributed by atoms with E-state index in [1.807, 2.05) is 19.1 Å². The van der Waals surface area contributed by atoms with Crippen LogP contribution in [0, 0.1) is 12.0 Å². The first-order valence-corrected chi connectivity index (χ1v) is 9.19. The summed E-state index contributed by atoms with van der Waals surface area (Å²) in [4.78, 5) is 0. The largest absolute Gasteiger partial charge is 0.493 e. The van der Waals surface area contributed by atoms with Crippen LogP contribution in [-0.2, 0) is 0 Å². The predicted molar refractivity (Wildman–Crippen MR) is 97.3 cm³/mol. The zero-order chi connectivity index (χ0) is 18.7. The summed E-state index contributed by atoms with van der Waals surface area (Å²) in [6.07, 6.45) is 1.13. The summed E-state index contributed by atoms with van der Waals surface area (Å²) in [5, 5.41) is 39.2. The maximum Gasteiger partial charge on any atom is 0.119 e. The van der Waals surface area contributed by atoms with Gasteiger partial charge in [-0.25, -0.2) is 0 Å². The molecule has 5 atom stereocenters. The quantitative estimate of drug-likeness (QED) is 0.437. The molecule has 0 heterocycles. The van der Waals surface area contributed by atoms with Crippen molar-refractivity contribution in [3.8, 4) is 5.75 Å². The molecule has 0 bridgehead atoms. The fraction of sp³-hybridized carbons (Fsp3) is 0.700. The Labute approximate surface area is 151 Å². The van der Waals surface area contributed by atoms with E-state index in [1.165, 1.54) is 0 Å². The SMILES string of the molecule is C[C@H](O)CC[C@H](O)CC[C@H](O)CC[C@H](O)[C@@H](C)COc1cc[c]cc1. The van der Waals surface area contributed by atoms with E-state index in [0.717, 1.165) is 5.75 Å². The molecule has 1 aromatic carbocycles. The first-order valence-electron chi connectivity index (χ1n) is 9.19. The molecule has 0 saturated carbocycles. The monoisotopic (exact) mass is 353 g/mol. The molecule has 4 N–H and O–H groups in total. The van der Waals surface area contributed by atoms with Crippen LogP contribution in [0.4, 0.5) is 0 Å². The standard InChI is InChI=1S/C20H33O5/c1-15(14-25-19-6-4-3-5-7-19)20(24)13-12-18(23)11-10-17(22)9-8-16(2)21/h4-7,15-18,20-24H,8-14H2,1-2H3/t15-,16-,17-,18-,20-/m0/s1. The summed E-state index contributed by atoms with van der Waals surface area (Å²) < 4.78 is 5.62. The number of aliphatic hydroxyl groups excluding tert-OH is 4. The lowest BCUT2D eigenvalue weighted by Crippen LogP contribution is -2.25. The Morgan fingerprint density at radius 3 is 1.92 bits per heavy atom. The van der Waals surface area contributed by atoms with Crippen molar-refractivity contribution in [3.63, 3.8) is 0 Å². The number of benzene rings is 1. The Morgan fingerprint density at radius 2 is 1.36 bits per heavy atom. The molecular weight excluding hydrogens is 320 g/mol. The van der Waals surface area contributed by atoms with Crippen LogP contribution in [0.25, 0.3) is 0 Å². The highest BCUT2D eigenvalue weighted by Gasteiger charge is 2.17. The topological polar surface area (TPSA) is 90.2 Å². The van der Waals surface area contributed by atoms with Crippen molar-refractivity contribution in [2.24, 2.45) is 5.92 Å². The molecule has 0 unspecified atom stereocenters. The van der Waals surface area contributed by atoms with Crippen molar-refractivity contribution in [2.75, 3.05) is 6.61 Å². The summed E-state index contributed by atoms with van der Waals surface area (Å²) in [6, 6.07) is 10.1. The third-order valence-corrected chi connectivity index (χ3v) is 4.40. The lowest BCUT2D eigenvalue weighted by atomic mass is 9.97. The van der Waals surface area contributed by atoms with E-state index in [1.54, 1.807) is 19.1 Å². The van der Waals surface area contributed by atoms with Gasteiger partial charge in [0.05, 0.1) is 31.0 Å². The smallest absolute Gasteiger partial charge is 0.119 e. The summed E-state index contributed by atoms with van der Waals surface area (Å²) in [5.74, 6) is 0.719. The molecular formula is C20H33O5. The number of rotatable bonds is 13. The second-order valence-corrected chi connectivity index (χ2v) is 6.98. The van der Waals surface area contributed by atoms with Crippen molar-refractivity contribution in [2.45, 2.75) is 76.8 Å². The van der Waals surface area contributed by atoms with E-state index in [2.05, 4.69) is 6.07 Å². The third kappa shape index (κ3) is 10.4. The molecule has 1 rings (SSSR count). The second-order valence-electron chi connectivity index (χ2n) is 6.98. The molecule has 1 aromatic rings. The molecule has 0 aliphatic carbocycles. The Hall–Kier alpha value is -1.14. The van der Waals surface area contributed by atoms with Crippen molar-refractivity contribution in [3.05, 3.63) is 30.3 Å². The van der Waals surface area contributed by atoms with E-state index in [4.69, 9.17) is 4.74 Å². The highest BCUT2D eigenvalue weighted by Crippen LogP contribution is 2.17. The zero-order valence-electron chi connectivity index (χ0n) is 15.3. The fourth-order valence-electron chi connectivity index (χ4n) is 2.56. The van der Waals surface area contributed by atoms with Gasteiger partial charge in [0.2, 0.25) is 0 Å². The summed E-state index contributed by atoms with van der Waals surface area (Å²) in [6.45, 7) is 4.04. The maximum atomic E-state index is 10.2. The van der Waals surface area contributed by atoms with Gasteiger partial charge in [-0.1, -0.05) is 19.1 Å². The minimum absolute atomic E-state index is 0.0342. The summed E-state index contributed by atoms with van der Waals surface area (Å²) in [7, 11) is 0. The van der Waals surface area contributed by atoms with Gasteiger partial charge in [-0.15, -0.1) is 0 Å². The fourth-order valence-corrected chi connectivity index (χ4v) is 2.56. The molecule has 1 radical (unpaired) electrons. The molecule has 0 fully saturated rings. The van der Waals surface area contributed by atoms with Gasteiger partial charge in [-0.3, -0.25) is 0 Å². The molecule has 5 heteroatoms. The lowest BCUT2D eigenvalue weighted by Gasteiger charge is -2.21. The van der Waals surface area contributed by atoms with E-state index in [9.17, 15) is 20.4 Å². The summed E-state index contributed by atoms with van der Waals surface area (Å²) >= 11 is 0. The average Bonchev–Trinajstić information content (AvgIpc) is 2.61. The molecule has 5 nitrogen and oxygen atoms in total. The van der Waals surface area contributed by atoms with Gasteiger partial charge < -0.3 is 25.2 Å². The van der Waals surface area contributed by atoms with Gasteiger partial charge >= 0.3 is 0 Å². The van der Waals surface area contributed by atoms with Crippen LogP contribution in [0.1, 0.15) is 52.4 Å². The van der Waals surface area contributed by atoms with E-state index >= 15 is 0 Å². The van der Waals surface area contributed by atoms with Crippen molar-refractivity contribution in [1.29, 1.82) is 0 Å². The lowest BCUT2D eigenvalue weighted by molar-refractivity contribution is 0.0509. The van der Waals surface area contributed by atoms with Crippen LogP contribution in [0.5, 0.6) is 5.75 Å². The minimum atomic E-state index is -0.537. The molecule has 0 spiro atoms. The molecule has 25 heavy (non-hydrogen) atoms. The predicted octanol–water partition coefficient (Wildman–Crippen LogP) is 2.31. The molecule has 0 aliphatic heterocycles. The van der Waals surface area contributed by atoms with Crippen LogP contribution < -0.4 is 4.74 Å². The molecule has 0 saturated heterocycles. The number of hydrogen-bond donors (Lipinski definition) is 4. The van der Waals surface area contributed by atoms with Gasteiger partial charge in [-0.2, -0.15) is 0 Å². The number of ether oxygens (including phenoxy) is 1. The van der Waals surface area contributed by atoms with Gasteiger partial charge in [-0.05, 0) is 63.6 Å². The highest BCUT2D eigenvalue weighted by atomic mass is 16.5. The first kappa shape index (κ1) is 21.9. The van der Waals surface area contributed by atoms with Gasteiger partial charge in [0.1, 0.15) is 5.75 Å². The van der Waals surface area contributed by atoms with E-state index < -0.39 is 24.4 Å². The normalized spacial score (nSPS) is 17.5. The molecule has 0 amide bonds. The highest BCUT2D eigenvalue weighted by molar-refractivity contribution is 5.20. The van der Waals surface area contributed by atoms with Gasteiger partial charge in [0, 0.05) is 5.92 Å². The van der Waals surface area contributed by atoms with E-state index in [-0.39, 0.29) is 5.92 Å². The molecule has 0 aromatic heterocycles. The Balaban J connectivity index is 2.15. The zero-order valence-corrected chi connectivity index (χ0v) is 15.3. The Bertz CT molecular complexity index is 437. The second kappa shape index (κ2) is 12.3. The first-order chi connectivity index (χ1) is 11.9. The average molecular weight is 353 g/mol. The number of hydrogen-bond acceptors (Lipinski definition) is 5. The van der Waals surface area contributed by atoms with Crippen LogP contribution in [0.15, 0.2) is 24.3 Å². The summed E-state index contributed by atoms with van der Waals surface area (Å²) in [5.41, 5.74) is 0. The molecule has 0 aliphatic rings. The Morgan fingerprint density at radius 1 is 0.840 bits per heavy atom. The van der Waals surface area contributed by atoms with Crippen molar-refractivity contribution >= 4 is 0 Å². The van der Waals surface area contributed by atoms with Crippen LogP contribution in [0.3, 0.4) is 0 Å². The number of aliphatic hydroxyl groups is 4.